The Hall–Kier alpha value is -14.0. The molecule has 59 heteroatoms. The number of nitrogen functional groups attached to an aromatic ring is 1. The van der Waals surface area contributed by atoms with Gasteiger partial charge in [-0.2, -0.15) is 152 Å². The summed E-state index contributed by atoms with van der Waals surface area (Å²) in [6, 6.07) is 17.3. The van der Waals surface area contributed by atoms with Crippen molar-refractivity contribution in [3.8, 4) is 22.9 Å². The number of aromatic carboxylic acids is 1. The van der Waals surface area contributed by atoms with E-state index in [-0.39, 0.29) is 151 Å². The minimum Gasteiger partial charge on any atom is -1.00 e. The molecule has 6 N–H and O–H groups in total. The van der Waals surface area contributed by atoms with Crippen molar-refractivity contribution < 1.29 is 192 Å². The van der Waals surface area contributed by atoms with Crippen LogP contribution in [-0.2, 0) is 61.8 Å². The maximum absolute atomic E-state index is 13.8. The number of aldehydes is 1. The van der Waals surface area contributed by atoms with Crippen molar-refractivity contribution in [2.75, 3.05) is 11.1 Å². The maximum atomic E-state index is 13.8. The number of amides is 1. The standard InChI is InChI=1S/C24H17F6N5O2.C15H11F6N3O2.C15H13F6N3.C12H10F6O.C9H4F6O.C9H6N2O3.C3H3N3O2.C3H5.BrH.Mg/c25-23(26,27)14-6-7-16(17(9-14)24(28,29)30)21(13-4-5-13)35-12-15(11-32-35)33-22(36)19-10-20(37-34-19)18-3-1-2-8-31-18;16-14(17,18)9-3-4-11(12(5-9)15(19,20)21)13(8-1-2-8)23-7-10(6-22-23)24(25)26;16-14(17,18)9-3-4-11(12(5-9)15(19,20)21)13(8-1-2-8)24-7-10(22)6-23-24;13-11(14,15)7-3-4-8(10(19)6-1-2-6)9(5-7)12(16,17)18;10-8(11,12)6-2-1-5(4-16)7(3-6)9(13,14)15;12-9(13)7-5-8(14-11-7)6-3-1-2-4-10-6;7-6(8)3-1-4-5-2-3;1-2-3-1;;/h1-3,6-13,21H,4-5H2,(H,33,36);3-8,13H,1-2H2;3-8,13H,1-2,22H2;3-6,10,19H,1-2H2;1-4H;1-5H,(H,12,13);1-2H,(H,4,5);1H,2-3H2;1H;/q;;;;;;;-1;;+2/p-1. The van der Waals surface area contributed by atoms with Gasteiger partial charge in [0.15, 0.2) is 29.2 Å². The number of hydrogen-bond donors (Lipinski definition) is 5. The van der Waals surface area contributed by atoms with Crippen LogP contribution in [-0.4, -0.2) is 121 Å². The number of carbonyl (C=O) groups is 3. The van der Waals surface area contributed by atoms with E-state index >= 15 is 0 Å². The Kier molecular flexibility index (Phi) is 37.9. The number of nitro groups is 2. The van der Waals surface area contributed by atoms with Crippen LogP contribution in [0, 0.1) is 50.3 Å². The molecule has 1 amide bonds. The number of carboxylic acid groups (broad SMARTS) is 1. The molecule has 27 nitrogen and oxygen atoms in total. The molecule has 4 atom stereocenters. The topological polar surface area (TPSA) is 376 Å². The number of aromatic amines is 1. The number of carboxylic acids is 1. The number of aliphatic hydroxyl groups is 1. The maximum Gasteiger partial charge on any atom is 2.00 e. The Morgan fingerprint density at radius 1 is 0.443 bits per heavy atom. The zero-order valence-electron chi connectivity index (χ0n) is 74.8. The van der Waals surface area contributed by atoms with Gasteiger partial charge in [0, 0.05) is 42.5 Å². The number of alkyl halides is 30. The summed E-state index contributed by atoms with van der Waals surface area (Å²) < 4.78 is 400. The van der Waals surface area contributed by atoms with E-state index in [0.717, 1.165) is 41.5 Å². The molecule has 8 aromatic heterocycles. The van der Waals surface area contributed by atoms with Crippen LogP contribution >= 0.6 is 0 Å². The average molecular weight is 2220 g/mol. The molecule has 4 unspecified atom stereocenters. The molecule has 5 aromatic carbocycles. The molecule has 18 rings (SSSR count). The number of aromatic nitrogens is 12. The number of halogens is 31. The number of nitrogens with one attached hydrogen (secondary N) is 2. The normalized spacial score (nSPS) is 15.0. The quantitative estimate of drug-likeness (QED) is 0.0125. The molecule has 0 spiro atoms. The van der Waals surface area contributed by atoms with Gasteiger partial charge < -0.3 is 53.7 Å². The van der Waals surface area contributed by atoms with Crippen LogP contribution < -0.4 is 28.0 Å². The Morgan fingerprint density at radius 3 is 1.09 bits per heavy atom. The van der Waals surface area contributed by atoms with Crippen LogP contribution in [0.1, 0.15) is 198 Å². The first-order valence-corrected chi connectivity index (χ1v) is 42.2. The zero-order valence-corrected chi connectivity index (χ0v) is 77.8. The van der Waals surface area contributed by atoms with E-state index in [1.54, 1.807) is 48.8 Å². The van der Waals surface area contributed by atoms with Gasteiger partial charge in [0.1, 0.15) is 30.0 Å². The van der Waals surface area contributed by atoms with Crippen LogP contribution in [0.5, 0.6) is 0 Å². The summed E-state index contributed by atoms with van der Waals surface area (Å²) in [5.41, 5.74) is -9.79. The molecule has 0 radical (unpaired) electrons. The average Bonchev–Trinajstić information content (AvgIpc) is 1.60. The van der Waals surface area contributed by atoms with Crippen molar-refractivity contribution in [3.63, 3.8) is 0 Å². The molecule has 5 fully saturated rings. The summed E-state index contributed by atoms with van der Waals surface area (Å²) in [5, 5.41) is 66.1. The SMILES string of the molecule is Nc1cnn(C(c2ccc(C(F)(F)F)cc2C(F)(F)F)C2CC2)c1.O=C(Nc1cnn(C(c2ccc(C(F)(F)F)cc2C(F)(F)F)C2CC2)c1)c1cc(-c2ccccn2)on1.O=C(O)c1cc(-c2ccccn2)on1.O=Cc1ccc(C(F)(F)F)cc1C(F)(F)F.O=[N+]([O-])c1cn[nH]c1.O=[N+]([O-])c1cnn(C(c2ccc(C(F)(F)F)cc2C(F)(F)F)C2CC2)c1.OC(c1ccc(C(F)(F)F)cc1C(F)(F)F)C1CC1.[Br-].[CH-]1CC1.[Mg+2]. The molecule has 5 aliphatic rings. The van der Waals surface area contributed by atoms with Gasteiger partial charge in [-0.1, -0.05) is 52.8 Å². The molecule has 0 saturated heterocycles. The third kappa shape index (κ3) is 33.0. The number of H-pyrrole nitrogens is 1. The number of hydrogen-bond acceptors (Lipinski definition) is 19. The summed E-state index contributed by atoms with van der Waals surface area (Å²) in [6.07, 6.45) is -28.3. The minimum atomic E-state index is -5.01. The van der Waals surface area contributed by atoms with Crippen molar-refractivity contribution in [1.29, 1.82) is 0 Å². The molecular formula is C90H69BrF30MgN16O11. The van der Waals surface area contributed by atoms with Gasteiger partial charge in [-0.15, -0.1) is 0 Å². The van der Waals surface area contributed by atoms with Gasteiger partial charge >= 0.3 is 102 Å². The number of rotatable bonds is 19. The monoisotopic (exact) mass is 2220 g/mol. The van der Waals surface area contributed by atoms with E-state index in [9.17, 15) is 171 Å². The number of anilines is 2. The summed E-state index contributed by atoms with van der Waals surface area (Å²) >= 11 is 0. The van der Waals surface area contributed by atoms with Gasteiger partial charge in [0.2, 0.25) is 0 Å². The number of pyridine rings is 2. The Labute approximate surface area is 842 Å². The summed E-state index contributed by atoms with van der Waals surface area (Å²) in [7, 11) is 0. The third-order valence-electron chi connectivity index (χ3n) is 21.5. The Balaban J connectivity index is 0.000000198. The van der Waals surface area contributed by atoms with E-state index in [0.29, 0.717) is 111 Å². The fourth-order valence-corrected chi connectivity index (χ4v) is 14.0. The first-order valence-electron chi connectivity index (χ1n) is 42.2. The van der Waals surface area contributed by atoms with E-state index in [2.05, 4.69) is 57.5 Å². The minimum absolute atomic E-state index is 0. The second-order valence-electron chi connectivity index (χ2n) is 32.6. The number of aliphatic hydroxyl groups excluding tert-OH is 1. The predicted octanol–water partition coefficient (Wildman–Crippen LogP) is 22.6. The van der Waals surface area contributed by atoms with Crippen molar-refractivity contribution in [1.82, 2.24) is 59.8 Å². The van der Waals surface area contributed by atoms with E-state index in [1.165, 1.54) is 65.3 Å². The second kappa shape index (κ2) is 47.6. The van der Waals surface area contributed by atoms with Crippen molar-refractivity contribution in [2.24, 2.45) is 23.7 Å². The van der Waals surface area contributed by atoms with Crippen LogP contribution in [0.2, 0.25) is 0 Å². The van der Waals surface area contributed by atoms with Gasteiger partial charge in [-0.25, -0.2) is 17.6 Å². The van der Waals surface area contributed by atoms with Gasteiger partial charge in [0.05, 0.1) is 120 Å². The van der Waals surface area contributed by atoms with E-state index in [4.69, 9.17) is 19.9 Å². The molecule has 8 heterocycles. The fourth-order valence-electron chi connectivity index (χ4n) is 14.0. The molecule has 13 aromatic rings. The van der Waals surface area contributed by atoms with Gasteiger partial charge in [-0.3, -0.25) is 58.9 Å². The Bertz CT molecular complexity index is 6700. The van der Waals surface area contributed by atoms with Crippen molar-refractivity contribution in [3.05, 3.63) is 323 Å². The number of carbonyl (C=O) groups excluding carboxylic acids is 2. The van der Waals surface area contributed by atoms with Crippen molar-refractivity contribution >= 4 is 64.0 Å². The first-order chi connectivity index (χ1) is 68.4. The largest absolute Gasteiger partial charge is 2.00 e. The summed E-state index contributed by atoms with van der Waals surface area (Å²) in [4.78, 5) is 60.8. The number of benzene rings is 5. The molecule has 0 bridgehead atoms. The van der Waals surface area contributed by atoms with Gasteiger partial charge in [0.25, 0.3) is 5.91 Å². The number of nitrogens with zero attached hydrogens (tertiary/aromatic N) is 13. The molecule has 794 valence electrons. The fraction of sp³-hybridized carbons (Fsp3) is 0.311. The summed E-state index contributed by atoms with van der Waals surface area (Å²) in [6.45, 7) is 0. The Morgan fingerprint density at radius 2 is 0.785 bits per heavy atom. The van der Waals surface area contributed by atoms with Crippen LogP contribution in [0.15, 0.2) is 211 Å². The third-order valence-corrected chi connectivity index (χ3v) is 21.5. The van der Waals surface area contributed by atoms with Crippen LogP contribution in [0.25, 0.3) is 22.9 Å². The van der Waals surface area contributed by atoms with Crippen molar-refractivity contribution in [2.45, 2.75) is 150 Å². The summed E-state index contributed by atoms with van der Waals surface area (Å²) in [5.74, 6) is -2.10. The van der Waals surface area contributed by atoms with E-state index < -0.39 is 180 Å². The molecule has 0 aliphatic heterocycles. The van der Waals surface area contributed by atoms with Crippen LogP contribution in [0.4, 0.5) is 154 Å². The molecular weight excluding hydrogens is 2160 g/mol. The molecule has 5 saturated carbocycles. The molecule has 149 heavy (non-hydrogen) atoms. The predicted molar refractivity (Wildman–Crippen MR) is 455 cm³/mol. The smallest absolute Gasteiger partial charge is 1.00 e. The van der Waals surface area contributed by atoms with Crippen LogP contribution in [0.3, 0.4) is 0 Å². The van der Waals surface area contributed by atoms with Gasteiger partial charge in [-0.05, 0) is 182 Å². The zero-order chi connectivity index (χ0) is 108. The number of nitrogens with two attached hydrogens (primary N) is 1. The molecule has 5 aliphatic carbocycles. The first kappa shape index (κ1) is 119. The second-order valence-corrected chi connectivity index (χ2v) is 32.6. The van der Waals surface area contributed by atoms with E-state index in [1.807, 2.05) is 0 Å².